The Kier molecular flexibility index (Phi) is 5.25. The molecule has 3 nitrogen and oxygen atoms in total. The van der Waals surface area contributed by atoms with Gasteiger partial charge in [0.25, 0.3) is 0 Å². The van der Waals surface area contributed by atoms with Gasteiger partial charge in [-0.1, -0.05) is 38.8 Å². The number of fused-ring (bicyclic) bond motifs is 6. The fourth-order valence-corrected chi connectivity index (χ4v) is 9.58. The van der Waals surface area contributed by atoms with Crippen LogP contribution in [0.3, 0.4) is 0 Å². The molecule has 0 N–H and O–H groups in total. The summed E-state index contributed by atoms with van der Waals surface area (Å²) in [6.45, 7) is 7.98. The minimum Gasteiger partial charge on any atom is -0.297 e. The van der Waals surface area contributed by atoms with Gasteiger partial charge in [0.15, 0.2) is 5.78 Å². The summed E-state index contributed by atoms with van der Waals surface area (Å²) in [6, 6.07) is 5.74. The van der Waals surface area contributed by atoms with Crippen molar-refractivity contribution in [3.63, 3.8) is 0 Å². The summed E-state index contributed by atoms with van der Waals surface area (Å²) < 4.78 is 1.85. The first-order chi connectivity index (χ1) is 15.8. The molecule has 7 unspecified atom stereocenters. The third-order valence-corrected chi connectivity index (χ3v) is 11.4. The SMILES string of the molecule is CC1CCC2(C)C(CCC3C2CCC2(C)C3CC[C@@H]2C(=O)Cn2cc3cc(Cl)ccc3n2)C1. The number of halogens is 1. The molecule has 0 saturated heterocycles. The van der Waals surface area contributed by atoms with Crippen LogP contribution in [0, 0.1) is 46.3 Å². The Balaban J connectivity index is 1.21. The second-order valence-corrected chi connectivity index (χ2v) is 13.1. The fraction of sp³-hybridized carbons (Fsp3) is 0.724. The highest BCUT2D eigenvalue weighted by molar-refractivity contribution is 6.31. The van der Waals surface area contributed by atoms with Crippen LogP contribution in [0.5, 0.6) is 0 Å². The molecule has 8 atom stereocenters. The molecule has 4 saturated carbocycles. The summed E-state index contributed by atoms with van der Waals surface area (Å²) in [5, 5.41) is 6.38. The Morgan fingerprint density at radius 2 is 1.85 bits per heavy atom. The van der Waals surface area contributed by atoms with E-state index < -0.39 is 0 Å². The molecule has 0 amide bonds. The minimum atomic E-state index is 0.180. The molecule has 178 valence electrons. The lowest BCUT2D eigenvalue weighted by atomic mass is 9.44. The van der Waals surface area contributed by atoms with Gasteiger partial charge in [0, 0.05) is 22.5 Å². The average molecular weight is 467 g/mol. The highest BCUT2D eigenvalue weighted by Crippen LogP contribution is 2.67. The Labute approximate surface area is 203 Å². The number of hydrogen-bond donors (Lipinski definition) is 0. The maximum absolute atomic E-state index is 13.6. The van der Waals surface area contributed by atoms with Crippen LogP contribution in [0.2, 0.25) is 5.02 Å². The number of carbonyl (C=O) groups excluding carboxylic acids is 1. The van der Waals surface area contributed by atoms with Gasteiger partial charge in [-0.05, 0) is 110 Å². The van der Waals surface area contributed by atoms with Crippen LogP contribution in [0.1, 0.15) is 78.6 Å². The summed E-state index contributed by atoms with van der Waals surface area (Å²) in [4.78, 5) is 13.6. The standard InChI is InChI=1S/C29H39ClN2O/c1-18-10-12-28(2)20(14-18)4-6-22-23-7-8-25(29(23,3)13-11-24(22)28)27(33)17-32-16-19-15-21(30)5-9-26(19)31-32/h5,9,15-16,18,20,22-25H,4,6-8,10-14,17H2,1-3H3/t18?,20?,22?,23?,24?,25-,28?,29?/m1/s1. The zero-order valence-electron chi connectivity index (χ0n) is 20.5. The van der Waals surface area contributed by atoms with Crippen molar-refractivity contribution in [3.05, 3.63) is 29.4 Å². The van der Waals surface area contributed by atoms with Crippen LogP contribution in [-0.2, 0) is 11.3 Å². The van der Waals surface area contributed by atoms with Gasteiger partial charge < -0.3 is 0 Å². The van der Waals surface area contributed by atoms with Crippen LogP contribution < -0.4 is 0 Å². The minimum absolute atomic E-state index is 0.180. The van der Waals surface area contributed by atoms with Crippen molar-refractivity contribution in [3.8, 4) is 0 Å². The highest BCUT2D eigenvalue weighted by atomic mass is 35.5. The van der Waals surface area contributed by atoms with E-state index in [0.717, 1.165) is 46.9 Å². The van der Waals surface area contributed by atoms with Crippen molar-refractivity contribution in [2.24, 2.45) is 46.3 Å². The second-order valence-electron chi connectivity index (χ2n) is 12.7. The molecule has 0 radical (unpaired) electrons. The fourth-order valence-electron chi connectivity index (χ4n) is 9.40. The van der Waals surface area contributed by atoms with Crippen LogP contribution in [0.4, 0.5) is 0 Å². The molecule has 0 bridgehead atoms. The topological polar surface area (TPSA) is 34.9 Å². The number of aromatic nitrogens is 2. The van der Waals surface area contributed by atoms with E-state index in [1.54, 1.807) is 0 Å². The lowest BCUT2D eigenvalue weighted by molar-refractivity contribution is -0.137. The van der Waals surface area contributed by atoms with Crippen molar-refractivity contribution >= 4 is 28.3 Å². The van der Waals surface area contributed by atoms with Gasteiger partial charge >= 0.3 is 0 Å². The number of benzene rings is 1. The number of carbonyl (C=O) groups is 1. The monoisotopic (exact) mass is 466 g/mol. The molecule has 1 heterocycles. The number of Topliss-reactive ketones (excluding diaryl/α,β-unsaturated/α-hetero) is 1. The van der Waals surface area contributed by atoms with Crippen molar-refractivity contribution in [1.82, 2.24) is 9.78 Å². The largest absolute Gasteiger partial charge is 0.297 e. The molecular weight excluding hydrogens is 428 g/mol. The van der Waals surface area contributed by atoms with Crippen molar-refractivity contribution in [2.45, 2.75) is 85.1 Å². The first kappa shape index (κ1) is 22.1. The van der Waals surface area contributed by atoms with Gasteiger partial charge in [-0.3, -0.25) is 9.48 Å². The van der Waals surface area contributed by atoms with E-state index in [2.05, 4.69) is 25.9 Å². The Hall–Kier alpha value is -1.35. The quantitative estimate of drug-likeness (QED) is 0.467. The highest BCUT2D eigenvalue weighted by Gasteiger charge is 2.60. The van der Waals surface area contributed by atoms with E-state index in [1.807, 2.05) is 29.1 Å². The van der Waals surface area contributed by atoms with Gasteiger partial charge in [0.2, 0.25) is 0 Å². The summed E-state index contributed by atoms with van der Waals surface area (Å²) in [5.41, 5.74) is 1.64. The normalized spacial score (nSPS) is 42.5. The molecule has 0 spiro atoms. The van der Waals surface area contributed by atoms with E-state index in [9.17, 15) is 4.79 Å². The maximum atomic E-state index is 13.6. The lowest BCUT2D eigenvalue weighted by Gasteiger charge is -2.61. The van der Waals surface area contributed by atoms with E-state index in [-0.39, 0.29) is 11.3 Å². The predicted octanol–water partition coefficient (Wildman–Crippen LogP) is 7.55. The van der Waals surface area contributed by atoms with Gasteiger partial charge in [0.05, 0.1) is 12.1 Å². The third-order valence-electron chi connectivity index (χ3n) is 11.1. The van der Waals surface area contributed by atoms with Gasteiger partial charge in [-0.2, -0.15) is 5.10 Å². The molecule has 2 aromatic rings. The maximum Gasteiger partial charge on any atom is 0.157 e. The van der Waals surface area contributed by atoms with Crippen LogP contribution >= 0.6 is 11.6 Å². The summed E-state index contributed by atoms with van der Waals surface area (Å²) in [6.07, 6.45) is 14.0. The molecule has 0 aliphatic heterocycles. The molecule has 4 fully saturated rings. The Bertz CT molecular complexity index is 1080. The molecule has 1 aromatic heterocycles. The molecule has 1 aromatic carbocycles. The molecule has 4 heteroatoms. The molecule has 4 aliphatic carbocycles. The third kappa shape index (κ3) is 3.43. The van der Waals surface area contributed by atoms with Crippen molar-refractivity contribution in [1.29, 1.82) is 0 Å². The summed E-state index contributed by atoms with van der Waals surface area (Å²) >= 11 is 6.14. The first-order valence-corrected chi connectivity index (χ1v) is 13.8. The zero-order valence-corrected chi connectivity index (χ0v) is 21.3. The van der Waals surface area contributed by atoms with E-state index >= 15 is 0 Å². The Morgan fingerprint density at radius 3 is 2.70 bits per heavy atom. The summed E-state index contributed by atoms with van der Waals surface area (Å²) in [5.74, 6) is 4.89. The molecule has 33 heavy (non-hydrogen) atoms. The van der Waals surface area contributed by atoms with E-state index in [1.165, 1.54) is 51.4 Å². The number of ketones is 1. The first-order valence-electron chi connectivity index (χ1n) is 13.4. The van der Waals surface area contributed by atoms with Crippen molar-refractivity contribution in [2.75, 3.05) is 0 Å². The number of hydrogen-bond acceptors (Lipinski definition) is 2. The van der Waals surface area contributed by atoms with Crippen LogP contribution in [0.15, 0.2) is 24.4 Å². The molecular formula is C29H39ClN2O. The van der Waals surface area contributed by atoms with Gasteiger partial charge in [-0.15, -0.1) is 0 Å². The smallest absolute Gasteiger partial charge is 0.157 e. The van der Waals surface area contributed by atoms with Gasteiger partial charge in [0.1, 0.15) is 0 Å². The number of nitrogens with zero attached hydrogens (tertiary/aromatic N) is 2. The predicted molar refractivity (Wildman–Crippen MR) is 134 cm³/mol. The van der Waals surface area contributed by atoms with E-state index in [4.69, 9.17) is 11.6 Å². The van der Waals surface area contributed by atoms with Crippen molar-refractivity contribution < 1.29 is 4.79 Å². The second kappa shape index (κ2) is 7.83. The zero-order chi connectivity index (χ0) is 23.0. The van der Waals surface area contributed by atoms with Gasteiger partial charge in [-0.25, -0.2) is 0 Å². The Morgan fingerprint density at radius 1 is 1.06 bits per heavy atom. The molecule has 6 rings (SSSR count). The van der Waals surface area contributed by atoms with Crippen LogP contribution in [-0.4, -0.2) is 15.6 Å². The van der Waals surface area contributed by atoms with Crippen LogP contribution in [0.25, 0.3) is 10.9 Å². The lowest BCUT2D eigenvalue weighted by Crippen LogP contribution is -2.53. The average Bonchev–Trinajstić information content (AvgIpc) is 3.33. The van der Waals surface area contributed by atoms with E-state index in [0.29, 0.717) is 22.8 Å². The molecule has 4 aliphatic rings. The number of rotatable bonds is 3. The summed E-state index contributed by atoms with van der Waals surface area (Å²) in [7, 11) is 0.